The molecule has 134 valence electrons. The molecule has 0 N–H and O–H groups in total. The Morgan fingerprint density at radius 1 is 1.04 bits per heavy atom. The molecule has 0 spiro atoms. The van der Waals surface area contributed by atoms with Crippen LogP contribution >= 0.6 is 0 Å². The number of pyridine rings is 1. The summed E-state index contributed by atoms with van der Waals surface area (Å²) in [6, 6.07) is 14.1. The Balaban J connectivity index is 2.09. The lowest BCUT2D eigenvalue weighted by Crippen LogP contribution is -2.35. The van der Waals surface area contributed by atoms with Gasteiger partial charge in [0.25, 0.3) is 0 Å². The number of carbonyl (C=O) groups excluding carboxylic acids is 1. The van der Waals surface area contributed by atoms with Crippen molar-refractivity contribution in [3.05, 3.63) is 59.2 Å². The molecule has 0 bridgehead atoms. The van der Waals surface area contributed by atoms with E-state index in [-0.39, 0.29) is 5.81 Å². The second-order valence-electron chi connectivity index (χ2n) is 6.26. The first-order valence-electron chi connectivity index (χ1n) is 8.76. The Bertz CT molecular complexity index is 811. The van der Waals surface area contributed by atoms with E-state index in [4.69, 9.17) is 9.47 Å². The van der Waals surface area contributed by atoms with Gasteiger partial charge in [-0.1, -0.05) is 35.9 Å². The molecule has 5 nitrogen and oxygen atoms in total. The van der Waals surface area contributed by atoms with Gasteiger partial charge < -0.3 is 14.4 Å². The minimum absolute atomic E-state index is 0.133. The summed E-state index contributed by atoms with van der Waals surface area (Å²) in [6.45, 7) is 1.49. The molecule has 2 aromatic rings. The lowest BCUT2D eigenvalue weighted by atomic mass is 9.88. The minimum atomic E-state index is 0.133. The van der Waals surface area contributed by atoms with Crippen LogP contribution < -0.4 is 9.47 Å². The number of ether oxygens (including phenoxy) is 2. The van der Waals surface area contributed by atoms with E-state index in [1.165, 1.54) is 5.57 Å². The van der Waals surface area contributed by atoms with Crippen LogP contribution in [0, 0.1) is 0 Å². The molecule has 6 heteroatoms. The van der Waals surface area contributed by atoms with Crippen molar-refractivity contribution in [3.8, 4) is 11.8 Å². The molecule has 1 saturated heterocycles. The number of piperidine rings is 1. The molecule has 1 aliphatic rings. The summed E-state index contributed by atoms with van der Waals surface area (Å²) in [5.41, 5.74) is 4.54. The fourth-order valence-corrected chi connectivity index (χ4v) is 3.38. The third-order valence-corrected chi connectivity index (χ3v) is 4.73. The van der Waals surface area contributed by atoms with Gasteiger partial charge in [-0.05, 0) is 30.0 Å². The highest BCUT2D eigenvalue weighted by Crippen LogP contribution is 2.37. The number of rotatable bonds is 4. The van der Waals surface area contributed by atoms with Gasteiger partial charge in [0.15, 0.2) is 5.81 Å². The highest BCUT2D eigenvalue weighted by molar-refractivity contribution is 6.56. The highest BCUT2D eigenvalue weighted by Gasteiger charge is 2.22. The molecule has 0 atom stereocenters. The van der Waals surface area contributed by atoms with Gasteiger partial charge in [-0.15, -0.1) is 0 Å². The first-order valence-corrected chi connectivity index (χ1v) is 8.76. The number of hydrogen-bond acceptors (Lipinski definition) is 4. The molecule has 0 saturated carbocycles. The molecule has 0 radical (unpaired) electrons. The lowest BCUT2D eigenvalue weighted by Gasteiger charge is -2.30. The van der Waals surface area contributed by atoms with Gasteiger partial charge in [-0.2, -0.15) is 4.98 Å². The van der Waals surface area contributed by atoms with Crippen molar-refractivity contribution < 1.29 is 14.3 Å². The first-order chi connectivity index (χ1) is 12.6. The average Bonchev–Trinajstić information content (AvgIpc) is 2.69. The summed E-state index contributed by atoms with van der Waals surface area (Å²) in [7, 11) is 4.84. The Morgan fingerprint density at radius 3 is 2.31 bits per heavy atom. The Morgan fingerprint density at radius 2 is 1.73 bits per heavy atom. The predicted octanol–water partition coefficient (Wildman–Crippen LogP) is 2.75. The first kappa shape index (κ1) is 18.0. The molecule has 26 heavy (non-hydrogen) atoms. The zero-order valence-electron chi connectivity index (χ0n) is 15.5. The molecule has 1 aliphatic heterocycles. The maximum Gasteiger partial charge on any atom is 0.224 e. The number of methoxy groups -OCH3 is 2. The van der Waals surface area contributed by atoms with Gasteiger partial charge in [-0.3, -0.25) is 4.79 Å². The van der Waals surface area contributed by atoms with Crippen molar-refractivity contribution in [2.45, 2.75) is 12.8 Å². The molecular weight excluding hydrogens is 327 g/mol. The van der Waals surface area contributed by atoms with Crippen LogP contribution in [0.25, 0.3) is 5.57 Å². The van der Waals surface area contributed by atoms with Gasteiger partial charge in [0.2, 0.25) is 19.6 Å². The summed E-state index contributed by atoms with van der Waals surface area (Å²) in [5.74, 6) is 1.20. The van der Waals surface area contributed by atoms with Crippen LogP contribution in [0.15, 0.2) is 48.0 Å². The number of nitrogens with zero attached hydrogens (tertiary/aromatic N) is 2. The zero-order chi connectivity index (χ0) is 18.5. The van der Waals surface area contributed by atoms with Crippen molar-refractivity contribution in [1.82, 2.24) is 9.88 Å². The Kier molecular flexibility index (Phi) is 5.61. The van der Waals surface area contributed by atoms with Crippen LogP contribution in [0.1, 0.15) is 24.0 Å². The molecule has 0 unspecified atom stereocenters. The SMILES string of the molecule is BC(=O)N1CCC(=C(c2ccccc2)c2ccc(OC)nc2OC)CC1. The number of amides is 1. The fourth-order valence-electron chi connectivity index (χ4n) is 3.38. The third-order valence-electron chi connectivity index (χ3n) is 4.73. The lowest BCUT2D eigenvalue weighted by molar-refractivity contribution is 0.217. The quantitative estimate of drug-likeness (QED) is 0.796. The van der Waals surface area contributed by atoms with Crippen LogP contribution in [0.4, 0.5) is 4.79 Å². The summed E-state index contributed by atoms with van der Waals surface area (Å²) < 4.78 is 10.8. The average molecular weight is 350 g/mol. The standard InChI is InChI=1S/C20H23BN2O3/c1-25-17-9-8-16(19(22-17)26-2)18(14-6-4-3-5-7-14)15-10-12-23(13-11-15)20(21)24/h3-9H,10-13,21H2,1-2H3. The summed E-state index contributed by atoms with van der Waals surface area (Å²) in [4.78, 5) is 18.0. The van der Waals surface area contributed by atoms with E-state index in [0.29, 0.717) is 11.8 Å². The van der Waals surface area contributed by atoms with E-state index in [1.54, 1.807) is 22.1 Å². The fraction of sp³-hybridized carbons (Fsp3) is 0.300. The monoisotopic (exact) mass is 350 g/mol. The number of benzene rings is 1. The molecule has 1 aromatic heterocycles. The van der Waals surface area contributed by atoms with Crippen LogP contribution in [0.3, 0.4) is 0 Å². The summed E-state index contributed by atoms with van der Waals surface area (Å²) in [5, 5.41) is 0. The van der Waals surface area contributed by atoms with Crippen LogP contribution in [0.2, 0.25) is 0 Å². The molecule has 3 rings (SSSR count). The summed E-state index contributed by atoms with van der Waals surface area (Å²) in [6.07, 6.45) is 1.69. The normalized spacial score (nSPS) is 14.1. The smallest absolute Gasteiger partial charge is 0.224 e. The summed E-state index contributed by atoms with van der Waals surface area (Å²) >= 11 is 0. The predicted molar refractivity (Wildman–Crippen MR) is 105 cm³/mol. The molecule has 2 heterocycles. The van der Waals surface area contributed by atoms with Crippen LogP contribution in [0.5, 0.6) is 11.8 Å². The van der Waals surface area contributed by atoms with E-state index in [0.717, 1.165) is 42.6 Å². The Labute approximate surface area is 155 Å². The number of aromatic nitrogens is 1. The second kappa shape index (κ2) is 8.08. The van der Waals surface area contributed by atoms with Gasteiger partial charge in [-0.25, -0.2) is 0 Å². The van der Waals surface area contributed by atoms with Crippen molar-refractivity contribution in [1.29, 1.82) is 0 Å². The molecular formula is C20H23BN2O3. The van der Waals surface area contributed by atoms with E-state index in [2.05, 4.69) is 17.1 Å². The number of carbonyl (C=O) groups is 1. The van der Waals surface area contributed by atoms with E-state index >= 15 is 0 Å². The van der Waals surface area contributed by atoms with E-state index < -0.39 is 0 Å². The minimum Gasteiger partial charge on any atom is -0.481 e. The highest BCUT2D eigenvalue weighted by atomic mass is 16.5. The maximum absolute atomic E-state index is 11.7. The second-order valence-corrected chi connectivity index (χ2v) is 6.26. The number of likely N-dealkylation sites (tertiary alicyclic amines) is 1. The van der Waals surface area contributed by atoms with Crippen LogP contribution in [-0.4, -0.2) is 50.8 Å². The van der Waals surface area contributed by atoms with Crippen molar-refractivity contribution in [3.63, 3.8) is 0 Å². The third kappa shape index (κ3) is 3.74. The Hall–Kier alpha value is -2.76. The van der Waals surface area contributed by atoms with Crippen molar-refractivity contribution in [2.75, 3.05) is 27.3 Å². The molecule has 1 fully saturated rings. The van der Waals surface area contributed by atoms with E-state index in [9.17, 15) is 4.79 Å². The van der Waals surface area contributed by atoms with Gasteiger partial charge >= 0.3 is 0 Å². The van der Waals surface area contributed by atoms with Crippen molar-refractivity contribution in [2.24, 2.45) is 0 Å². The maximum atomic E-state index is 11.7. The van der Waals surface area contributed by atoms with Crippen molar-refractivity contribution >= 4 is 19.2 Å². The molecule has 0 aliphatic carbocycles. The topological polar surface area (TPSA) is 51.7 Å². The van der Waals surface area contributed by atoms with Gasteiger partial charge in [0.05, 0.1) is 14.2 Å². The van der Waals surface area contributed by atoms with Crippen LogP contribution in [-0.2, 0) is 0 Å². The van der Waals surface area contributed by atoms with Gasteiger partial charge in [0.1, 0.15) is 0 Å². The van der Waals surface area contributed by atoms with Gasteiger partial charge in [0, 0.05) is 24.7 Å². The number of hydrogen-bond donors (Lipinski definition) is 0. The largest absolute Gasteiger partial charge is 0.481 e. The molecule has 1 aromatic carbocycles. The zero-order valence-corrected chi connectivity index (χ0v) is 15.5. The van der Waals surface area contributed by atoms with E-state index in [1.807, 2.05) is 35.2 Å². The molecule has 1 amide bonds.